The van der Waals surface area contributed by atoms with Crippen LogP contribution in [0.4, 0.5) is 27.6 Å². The molecule has 0 fully saturated rings. The maximum Gasteiger partial charge on any atom is 0.296 e. The summed E-state index contributed by atoms with van der Waals surface area (Å²) in [5.41, 5.74) is 2.73. The Labute approximate surface area is 151 Å². The Morgan fingerprint density at radius 2 is 1.59 bits per heavy atom. The van der Waals surface area contributed by atoms with Gasteiger partial charge < -0.3 is 4.74 Å². The van der Waals surface area contributed by atoms with Crippen molar-refractivity contribution in [1.29, 1.82) is 0 Å². The summed E-state index contributed by atoms with van der Waals surface area (Å²) in [7, 11) is 0. The van der Waals surface area contributed by atoms with E-state index in [-0.39, 0.29) is 19.3 Å². The first kappa shape index (κ1) is 17.7. The predicted octanol–water partition coefficient (Wildman–Crippen LogP) is 2.72. The van der Waals surface area contributed by atoms with Crippen molar-refractivity contribution in [3.8, 4) is 0 Å². The van der Waals surface area contributed by atoms with Gasteiger partial charge >= 0.3 is 0 Å². The summed E-state index contributed by atoms with van der Waals surface area (Å²) < 4.78 is 75.9. The molecule has 0 amide bonds. The van der Waals surface area contributed by atoms with Crippen LogP contribution in [0, 0.1) is 29.1 Å². The van der Waals surface area contributed by atoms with E-state index in [1.54, 1.807) is 0 Å². The number of nitrogens with one attached hydrogen (secondary N) is 1. The highest BCUT2D eigenvalue weighted by Crippen LogP contribution is 2.30. The van der Waals surface area contributed by atoms with Gasteiger partial charge in [0.25, 0.3) is 5.84 Å². The lowest BCUT2D eigenvalue weighted by Crippen LogP contribution is -2.43. The molecule has 9 heteroatoms. The number of hydrogen-bond donors (Lipinski definition) is 1. The van der Waals surface area contributed by atoms with Crippen molar-refractivity contribution in [3.63, 3.8) is 0 Å². The van der Waals surface area contributed by atoms with Gasteiger partial charge in [0, 0.05) is 6.42 Å². The molecule has 142 valence electrons. The fourth-order valence-electron chi connectivity index (χ4n) is 3.34. The van der Waals surface area contributed by atoms with Crippen LogP contribution in [0.5, 0.6) is 0 Å². The van der Waals surface area contributed by atoms with Crippen molar-refractivity contribution < 1.29 is 31.3 Å². The third-order valence-corrected chi connectivity index (χ3v) is 4.66. The molecule has 2 aliphatic rings. The molecule has 4 nitrogen and oxygen atoms in total. The standard InChI is InChI=1S/C18H14F5N3O/c19-13-14(20)16(22)18(17(23)15(13)21)26-9-25-11(7-27-8-12(25)24-26)6-10-4-2-1-3-5-10/h1-5,11H,6-9H2/p+1/t11-/m1/s1. The zero-order valence-corrected chi connectivity index (χ0v) is 14.0. The van der Waals surface area contributed by atoms with Crippen LogP contribution in [-0.4, -0.2) is 36.3 Å². The molecule has 0 bridgehead atoms. The van der Waals surface area contributed by atoms with Crippen molar-refractivity contribution in [2.45, 2.75) is 12.5 Å². The Morgan fingerprint density at radius 3 is 2.26 bits per heavy atom. The fraction of sp³-hybridized carbons (Fsp3) is 0.278. The first-order chi connectivity index (χ1) is 13.0. The average molecular weight is 384 g/mol. The van der Waals surface area contributed by atoms with Gasteiger partial charge in [-0.3, -0.25) is 0 Å². The summed E-state index contributed by atoms with van der Waals surface area (Å²) >= 11 is 0. The van der Waals surface area contributed by atoms with E-state index in [0.29, 0.717) is 18.9 Å². The number of nitrogens with zero attached hydrogens (tertiary/aromatic N) is 2. The van der Waals surface area contributed by atoms with E-state index < -0.39 is 34.8 Å². The number of ether oxygens (including phenoxy) is 1. The van der Waals surface area contributed by atoms with Crippen LogP contribution in [0.3, 0.4) is 0 Å². The zero-order chi connectivity index (χ0) is 19.1. The van der Waals surface area contributed by atoms with Gasteiger partial charge in [0.1, 0.15) is 12.6 Å². The number of halogens is 5. The highest BCUT2D eigenvalue weighted by atomic mass is 19.2. The Balaban J connectivity index is 1.63. The normalized spacial score (nSPS) is 19.3. The molecular weight excluding hydrogens is 369 g/mol. The smallest absolute Gasteiger partial charge is 0.296 e. The molecule has 0 aromatic heterocycles. The second-order valence-corrected chi connectivity index (χ2v) is 6.37. The van der Waals surface area contributed by atoms with Crippen molar-refractivity contribution in [1.82, 2.24) is 5.43 Å². The van der Waals surface area contributed by atoms with Gasteiger partial charge in [0.2, 0.25) is 5.82 Å². The number of rotatable bonds is 3. The van der Waals surface area contributed by atoms with Crippen LogP contribution in [0.1, 0.15) is 5.56 Å². The predicted molar refractivity (Wildman–Crippen MR) is 86.7 cm³/mol. The second kappa shape index (κ2) is 6.80. The van der Waals surface area contributed by atoms with Gasteiger partial charge in [-0.1, -0.05) is 30.3 Å². The third-order valence-electron chi connectivity index (χ3n) is 4.66. The molecule has 27 heavy (non-hydrogen) atoms. The first-order valence-electron chi connectivity index (χ1n) is 8.27. The van der Waals surface area contributed by atoms with E-state index in [2.05, 4.69) is 5.43 Å². The van der Waals surface area contributed by atoms with Crippen LogP contribution >= 0.6 is 0 Å². The summed E-state index contributed by atoms with van der Waals surface area (Å²) in [6.45, 7) is 0.455. The van der Waals surface area contributed by atoms with E-state index in [1.807, 2.05) is 34.9 Å². The molecule has 0 spiro atoms. The average Bonchev–Trinajstić information content (AvgIpc) is 3.10. The topological polar surface area (TPSA) is 27.5 Å². The van der Waals surface area contributed by atoms with E-state index in [9.17, 15) is 22.0 Å². The van der Waals surface area contributed by atoms with Crippen LogP contribution in [0.2, 0.25) is 0 Å². The van der Waals surface area contributed by atoms with Crippen molar-refractivity contribution in [3.05, 3.63) is 65.0 Å². The minimum atomic E-state index is -2.18. The molecule has 2 aromatic carbocycles. The molecule has 2 heterocycles. The van der Waals surface area contributed by atoms with Gasteiger partial charge in [-0.25, -0.2) is 26.5 Å². The number of benzene rings is 2. The Morgan fingerprint density at radius 1 is 0.963 bits per heavy atom. The molecule has 0 unspecified atom stereocenters. The minimum absolute atomic E-state index is 0.0749. The number of amidine groups is 1. The largest absolute Gasteiger partial charge is 0.364 e. The molecule has 2 aromatic rings. The van der Waals surface area contributed by atoms with E-state index in [4.69, 9.17) is 4.74 Å². The van der Waals surface area contributed by atoms with Crippen molar-refractivity contribution in [2.24, 2.45) is 0 Å². The quantitative estimate of drug-likeness (QED) is 0.382. The monoisotopic (exact) mass is 384 g/mol. The van der Waals surface area contributed by atoms with Gasteiger partial charge in [0.05, 0.1) is 6.61 Å². The third kappa shape index (κ3) is 3.01. The first-order valence-corrected chi connectivity index (χ1v) is 8.27. The van der Waals surface area contributed by atoms with Gasteiger partial charge in [-0.2, -0.15) is 10.4 Å². The highest BCUT2D eigenvalue weighted by molar-refractivity contribution is 5.82. The van der Waals surface area contributed by atoms with E-state index >= 15 is 0 Å². The summed E-state index contributed by atoms with van der Waals surface area (Å²) in [4.78, 5) is 0. The minimum Gasteiger partial charge on any atom is -0.364 e. The molecule has 0 saturated carbocycles. The number of hydrogen-bond acceptors (Lipinski definition) is 3. The lowest BCUT2D eigenvalue weighted by Gasteiger charge is -2.21. The fourth-order valence-corrected chi connectivity index (χ4v) is 3.34. The van der Waals surface area contributed by atoms with Crippen molar-refractivity contribution >= 4 is 11.5 Å². The molecular formula is C18H15F5N3O+. The van der Waals surface area contributed by atoms with E-state index in [0.717, 1.165) is 10.6 Å². The number of anilines is 1. The Hall–Kier alpha value is -2.68. The van der Waals surface area contributed by atoms with Gasteiger partial charge in [-0.15, -0.1) is 0 Å². The number of hydrazine groups is 1. The Kier molecular flexibility index (Phi) is 4.47. The second-order valence-electron chi connectivity index (χ2n) is 6.37. The van der Waals surface area contributed by atoms with Crippen LogP contribution in [-0.2, 0) is 11.2 Å². The molecule has 4 rings (SSSR count). The molecule has 1 atom stereocenters. The summed E-state index contributed by atoms with van der Waals surface area (Å²) in [5, 5.41) is 0.915. The lowest BCUT2D eigenvalue weighted by molar-refractivity contribution is -0.569. The maximum absolute atomic E-state index is 14.1. The Bertz CT molecular complexity index is 890. The lowest BCUT2D eigenvalue weighted by atomic mass is 10.1. The van der Waals surface area contributed by atoms with Crippen LogP contribution in [0.25, 0.3) is 0 Å². The summed E-state index contributed by atoms with van der Waals surface area (Å²) in [6, 6.07) is 9.43. The van der Waals surface area contributed by atoms with Crippen LogP contribution < -0.4 is 10.4 Å². The highest BCUT2D eigenvalue weighted by Gasteiger charge is 2.41. The van der Waals surface area contributed by atoms with Crippen molar-refractivity contribution in [2.75, 3.05) is 24.9 Å². The molecule has 0 saturated heterocycles. The maximum atomic E-state index is 14.1. The molecule has 1 N–H and O–H groups in total. The van der Waals surface area contributed by atoms with Gasteiger partial charge in [0.15, 0.2) is 35.6 Å². The van der Waals surface area contributed by atoms with Gasteiger partial charge in [-0.05, 0) is 5.56 Å². The summed E-state index contributed by atoms with van der Waals surface area (Å²) in [5.74, 6) is -9.37. The summed E-state index contributed by atoms with van der Waals surface area (Å²) in [6.07, 6.45) is 0.608. The van der Waals surface area contributed by atoms with E-state index in [1.165, 1.54) is 0 Å². The molecule has 2 aliphatic heterocycles. The molecule has 0 radical (unpaired) electrons. The van der Waals surface area contributed by atoms with Crippen LogP contribution in [0.15, 0.2) is 30.3 Å². The SMILES string of the molecule is Fc1c(F)c(F)c(N2C[N+]3=C(COC[C@H]3Cc3ccccc3)N2)c(F)c1F. The zero-order valence-electron chi connectivity index (χ0n) is 14.0. The molecule has 0 aliphatic carbocycles.